The lowest BCUT2D eigenvalue weighted by Gasteiger charge is -2.38. The third-order valence-electron chi connectivity index (χ3n) is 6.80. The van der Waals surface area contributed by atoms with Gasteiger partial charge in [0, 0.05) is 12.8 Å². The maximum atomic E-state index is 12.2. The second-order valence-electron chi connectivity index (χ2n) is 9.65. The van der Waals surface area contributed by atoms with E-state index in [0.717, 1.165) is 38.9 Å². The van der Waals surface area contributed by atoms with Crippen molar-refractivity contribution in [1.29, 1.82) is 0 Å². The van der Waals surface area contributed by atoms with Gasteiger partial charge in [-0.1, -0.05) is 122 Å². The Hall–Kier alpha value is -0.0800. The molecule has 0 spiro atoms. The van der Waals surface area contributed by atoms with Gasteiger partial charge in [-0.2, -0.15) is 0 Å². The van der Waals surface area contributed by atoms with Crippen molar-refractivity contribution in [2.24, 2.45) is 0 Å². The van der Waals surface area contributed by atoms with Crippen LogP contribution < -0.4 is 0 Å². The largest absolute Gasteiger partial charge is 0.633 e. The van der Waals surface area contributed by atoms with Crippen molar-refractivity contribution >= 4 is 0 Å². The van der Waals surface area contributed by atoms with Crippen LogP contribution in [0.3, 0.4) is 0 Å². The molecule has 0 aromatic rings. The molecule has 0 amide bonds. The van der Waals surface area contributed by atoms with Crippen molar-refractivity contribution in [3.63, 3.8) is 0 Å². The summed E-state index contributed by atoms with van der Waals surface area (Å²) in [4.78, 5) is 0. The minimum absolute atomic E-state index is 0.124. The van der Waals surface area contributed by atoms with Crippen molar-refractivity contribution in [2.45, 2.75) is 148 Å². The summed E-state index contributed by atoms with van der Waals surface area (Å²) in [6.07, 6.45) is 30.7. The Balaban J connectivity index is 1.66. The molecule has 2 nitrogen and oxygen atoms in total. The average molecular weight is 396 g/mol. The minimum Gasteiger partial charge on any atom is -0.633 e. The third-order valence-corrected chi connectivity index (χ3v) is 6.80. The first kappa shape index (κ1) is 26.0. The van der Waals surface area contributed by atoms with Gasteiger partial charge in [0.15, 0.2) is 0 Å². The first-order valence-electron chi connectivity index (χ1n) is 13.3. The molecule has 168 valence electrons. The Bertz CT molecular complexity index is 312. The van der Waals surface area contributed by atoms with Crippen LogP contribution in [0.4, 0.5) is 0 Å². The molecule has 0 aromatic carbocycles. The highest BCUT2D eigenvalue weighted by atomic mass is 16.5. The molecule has 2 heteroatoms. The van der Waals surface area contributed by atoms with Crippen LogP contribution in [0.5, 0.6) is 0 Å². The summed E-state index contributed by atoms with van der Waals surface area (Å²) in [5.74, 6) is 0. The van der Waals surface area contributed by atoms with Crippen LogP contribution in [0.25, 0.3) is 0 Å². The second-order valence-corrected chi connectivity index (χ2v) is 9.65. The standard InChI is InChI=1S/C26H53NO/c1-2-3-4-5-6-7-8-9-10-11-12-13-14-15-16-17-18-19-20-21-24-27(28)25-22-23-26-27/h2-26H2,1H3. The maximum Gasteiger partial charge on any atom is 0.0786 e. The molecule has 1 saturated heterocycles. The molecule has 0 aromatic heterocycles. The SMILES string of the molecule is CCCCCCCCCCCCCCCCCCCCCC[N+]1([O-])CCCC1. The summed E-state index contributed by atoms with van der Waals surface area (Å²) >= 11 is 0. The molecule has 0 N–H and O–H groups in total. The van der Waals surface area contributed by atoms with Gasteiger partial charge >= 0.3 is 0 Å². The molecule has 0 radical (unpaired) electrons. The Kier molecular flexibility index (Phi) is 17.5. The van der Waals surface area contributed by atoms with Crippen LogP contribution in [-0.4, -0.2) is 24.3 Å². The van der Waals surface area contributed by atoms with Gasteiger partial charge in [0.25, 0.3) is 0 Å². The number of rotatable bonds is 21. The normalized spacial score (nSPS) is 16.1. The number of unbranched alkanes of at least 4 members (excludes halogenated alkanes) is 19. The Morgan fingerprint density at radius 1 is 0.464 bits per heavy atom. The molecule has 1 aliphatic rings. The predicted molar refractivity (Wildman–Crippen MR) is 125 cm³/mol. The zero-order valence-electron chi connectivity index (χ0n) is 19.5. The Labute approximate surface area is 178 Å². The van der Waals surface area contributed by atoms with E-state index in [9.17, 15) is 5.21 Å². The number of hydroxylamine groups is 3. The van der Waals surface area contributed by atoms with E-state index < -0.39 is 0 Å². The van der Waals surface area contributed by atoms with E-state index in [-0.39, 0.29) is 4.65 Å². The van der Waals surface area contributed by atoms with Gasteiger partial charge in [0.1, 0.15) is 0 Å². The molecule has 1 aliphatic heterocycles. The highest BCUT2D eigenvalue weighted by Crippen LogP contribution is 2.19. The average Bonchev–Trinajstić information content (AvgIpc) is 3.13. The summed E-state index contributed by atoms with van der Waals surface area (Å²) in [5, 5.41) is 12.2. The number of hydrogen-bond acceptors (Lipinski definition) is 1. The molecule has 0 saturated carbocycles. The number of quaternary nitrogens is 1. The Morgan fingerprint density at radius 2 is 0.750 bits per heavy atom. The van der Waals surface area contributed by atoms with Crippen LogP contribution in [0.1, 0.15) is 148 Å². The lowest BCUT2D eigenvalue weighted by molar-refractivity contribution is -0.868. The van der Waals surface area contributed by atoms with Crippen LogP contribution in [0.15, 0.2) is 0 Å². The van der Waals surface area contributed by atoms with E-state index in [0.29, 0.717) is 0 Å². The van der Waals surface area contributed by atoms with Crippen molar-refractivity contribution in [3.05, 3.63) is 5.21 Å². The first-order chi connectivity index (χ1) is 13.8. The molecule has 0 bridgehead atoms. The second kappa shape index (κ2) is 18.9. The molecule has 0 atom stereocenters. The lowest BCUT2D eigenvalue weighted by atomic mass is 10.0. The molecular formula is C26H53NO. The third kappa shape index (κ3) is 15.8. The topological polar surface area (TPSA) is 23.1 Å². The van der Waals surface area contributed by atoms with E-state index in [4.69, 9.17) is 0 Å². The van der Waals surface area contributed by atoms with E-state index in [1.54, 1.807) is 0 Å². The van der Waals surface area contributed by atoms with Crippen molar-refractivity contribution in [3.8, 4) is 0 Å². The molecule has 1 fully saturated rings. The van der Waals surface area contributed by atoms with Gasteiger partial charge in [-0.05, 0) is 12.8 Å². The highest BCUT2D eigenvalue weighted by molar-refractivity contribution is 4.56. The van der Waals surface area contributed by atoms with Crippen LogP contribution in [0, 0.1) is 5.21 Å². The van der Waals surface area contributed by atoms with Crippen molar-refractivity contribution in [1.82, 2.24) is 0 Å². The summed E-state index contributed by atoms with van der Waals surface area (Å²) in [5.41, 5.74) is 0. The first-order valence-corrected chi connectivity index (χ1v) is 13.3. The summed E-state index contributed by atoms with van der Waals surface area (Å²) in [6.45, 7) is 4.96. The molecule has 0 unspecified atom stereocenters. The summed E-state index contributed by atoms with van der Waals surface area (Å²) < 4.78 is 0.124. The van der Waals surface area contributed by atoms with E-state index >= 15 is 0 Å². The minimum atomic E-state index is 0.124. The smallest absolute Gasteiger partial charge is 0.0786 e. The fourth-order valence-electron chi connectivity index (χ4n) is 4.79. The maximum absolute atomic E-state index is 12.2. The molecule has 0 aliphatic carbocycles. The highest BCUT2D eigenvalue weighted by Gasteiger charge is 2.21. The van der Waals surface area contributed by atoms with Gasteiger partial charge in [0.05, 0.1) is 19.6 Å². The van der Waals surface area contributed by atoms with Crippen molar-refractivity contribution < 1.29 is 4.65 Å². The van der Waals surface area contributed by atoms with Crippen LogP contribution >= 0.6 is 0 Å². The summed E-state index contributed by atoms with van der Waals surface area (Å²) in [6, 6.07) is 0. The number of likely N-dealkylation sites (tertiary alicyclic amines) is 1. The quantitative estimate of drug-likeness (QED) is 0.108. The van der Waals surface area contributed by atoms with Gasteiger partial charge in [-0.15, -0.1) is 0 Å². The fourth-order valence-corrected chi connectivity index (χ4v) is 4.79. The summed E-state index contributed by atoms with van der Waals surface area (Å²) in [7, 11) is 0. The molecule has 1 rings (SSSR count). The van der Waals surface area contributed by atoms with Gasteiger partial charge in [-0.3, -0.25) is 0 Å². The fraction of sp³-hybridized carbons (Fsp3) is 1.00. The molecule has 28 heavy (non-hydrogen) atoms. The van der Waals surface area contributed by atoms with Gasteiger partial charge < -0.3 is 9.85 Å². The number of nitrogens with zero attached hydrogens (tertiary/aromatic N) is 1. The van der Waals surface area contributed by atoms with Crippen LogP contribution in [-0.2, 0) is 0 Å². The molecular weight excluding hydrogens is 342 g/mol. The van der Waals surface area contributed by atoms with E-state index in [2.05, 4.69) is 6.92 Å². The van der Waals surface area contributed by atoms with Gasteiger partial charge in [-0.25, -0.2) is 0 Å². The predicted octanol–water partition coefficient (Wildman–Crippen LogP) is 8.92. The van der Waals surface area contributed by atoms with Crippen molar-refractivity contribution in [2.75, 3.05) is 19.6 Å². The Morgan fingerprint density at radius 3 is 1.07 bits per heavy atom. The van der Waals surface area contributed by atoms with E-state index in [1.807, 2.05) is 0 Å². The lowest BCUT2D eigenvalue weighted by Crippen LogP contribution is -2.39. The van der Waals surface area contributed by atoms with E-state index in [1.165, 1.54) is 122 Å². The monoisotopic (exact) mass is 395 g/mol. The van der Waals surface area contributed by atoms with Crippen LogP contribution in [0.2, 0.25) is 0 Å². The number of hydrogen-bond donors (Lipinski definition) is 0. The zero-order valence-corrected chi connectivity index (χ0v) is 19.5. The van der Waals surface area contributed by atoms with Gasteiger partial charge in [0.2, 0.25) is 0 Å². The zero-order chi connectivity index (χ0) is 20.2. The molecule has 1 heterocycles.